The van der Waals surface area contributed by atoms with Crippen molar-refractivity contribution >= 4 is 23.1 Å². The van der Waals surface area contributed by atoms with E-state index in [1.807, 2.05) is 12.1 Å². The van der Waals surface area contributed by atoms with Gasteiger partial charge >= 0.3 is 0 Å². The molecule has 0 aromatic heterocycles. The molecule has 3 rings (SSSR count). The summed E-state index contributed by atoms with van der Waals surface area (Å²) in [4.78, 5) is 0. The summed E-state index contributed by atoms with van der Waals surface area (Å²) in [6, 6.07) is 16.7. The lowest BCUT2D eigenvalue weighted by Crippen LogP contribution is -2.55. The maximum Gasteiger partial charge on any atom is 0.247 e. The fourth-order valence-corrected chi connectivity index (χ4v) is 4.48. The van der Waals surface area contributed by atoms with Gasteiger partial charge < -0.3 is 5.11 Å². The van der Waals surface area contributed by atoms with Crippen LogP contribution in [0.1, 0.15) is 33.4 Å². The third-order valence-corrected chi connectivity index (χ3v) is 5.30. The minimum atomic E-state index is 0.0254. The topological polar surface area (TPSA) is 20.2 Å². The molecular formula is C24H27BO. The number of phenols is 1. The number of benzene rings is 3. The summed E-state index contributed by atoms with van der Waals surface area (Å²) in [7, 11) is 0. The standard InChI is InChI=1S/C24H27BO/c1-15-11-17(3)23(18(4)12-15)25(21-9-7-8-10-22(21)26)24-19(5)13-16(2)14-20(24)6/h7-14,26H,1-6H3. The molecule has 1 nitrogen and oxygen atoms in total. The Morgan fingerprint density at radius 1 is 0.615 bits per heavy atom. The van der Waals surface area contributed by atoms with Gasteiger partial charge in [0.2, 0.25) is 6.71 Å². The van der Waals surface area contributed by atoms with Crippen LogP contribution >= 0.6 is 0 Å². The minimum Gasteiger partial charge on any atom is -0.508 e. The highest BCUT2D eigenvalue weighted by atomic mass is 16.3. The van der Waals surface area contributed by atoms with Gasteiger partial charge in [0.15, 0.2) is 0 Å². The molecule has 0 aliphatic rings. The Hall–Kier alpha value is -2.48. The van der Waals surface area contributed by atoms with Gasteiger partial charge in [-0.3, -0.25) is 0 Å². The number of aromatic hydroxyl groups is 1. The average molecular weight is 342 g/mol. The zero-order chi connectivity index (χ0) is 19.0. The van der Waals surface area contributed by atoms with E-state index >= 15 is 0 Å². The lowest BCUT2D eigenvalue weighted by Gasteiger charge is -2.25. The maximum absolute atomic E-state index is 10.7. The molecule has 0 atom stereocenters. The largest absolute Gasteiger partial charge is 0.508 e. The Morgan fingerprint density at radius 3 is 1.38 bits per heavy atom. The molecule has 0 amide bonds. The Kier molecular flexibility index (Phi) is 4.95. The smallest absolute Gasteiger partial charge is 0.247 e. The minimum absolute atomic E-state index is 0.0254. The van der Waals surface area contributed by atoms with Crippen LogP contribution in [-0.4, -0.2) is 11.8 Å². The van der Waals surface area contributed by atoms with Gasteiger partial charge in [-0.2, -0.15) is 0 Å². The first kappa shape index (κ1) is 18.3. The van der Waals surface area contributed by atoms with Crippen LogP contribution in [0.4, 0.5) is 0 Å². The molecule has 0 radical (unpaired) electrons. The van der Waals surface area contributed by atoms with E-state index in [9.17, 15) is 5.11 Å². The zero-order valence-corrected chi connectivity index (χ0v) is 16.6. The van der Waals surface area contributed by atoms with E-state index in [-0.39, 0.29) is 6.71 Å². The van der Waals surface area contributed by atoms with Gasteiger partial charge in [-0.1, -0.05) is 86.8 Å². The van der Waals surface area contributed by atoms with E-state index in [4.69, 9.17) is 0 Å². The Labute approximate surface area is 157 Å². The van der Waals surface area contributed by atoms with Crippen LogP contribution in [0.15, 0.2) is 48.5 Å². The molecule has 0 bridgehead atoms. The summed E-state index contributed by atoms with van der Waals surface area (Å²) in [5.41, 5.74) is 11.2. The third-order valence-electron chi connectivity index (χ3n) is 5.30. The molecule has 3 aromatic rings. The number of hydrogen-bond acceptors (Lipinski definition) is 1. The molecule has 0 saturated heterocycles. The summed E-state index contributed by atoms with van der Waals surface area (Å²) in [6.07, 6.45) is 0. The number of hydrogen-bond donors (Lipinski definition) is 1. The summed E-state index contributed by atoms with van der Waals surface area (Å²) in [6.45, 7) is 13.0. The van der Waals surface area contributed by atoms with Crippen LogP contribution in [-0.2, 0) is 0 Å². The SMILES string of the molecule is Cc1cc(C)c(B(c2ccccc2O)c2c(C)cc(C)cc2C)c(C)c1. The highest BCUT2D eigenvalue weighted by Crippen LogP contribution is 2.15. The molecule has 0 aliphatic heterocycles. The normalized spacial score (nSPS) is 10.8. The molecule has 0 unspecified atom stereocenters. The van der Waals surface area contributed by atoms with Crippen LogP contribution in [0.25, 0.3) is 0 Å². The summed E-state index contributed by atoms with van der Waals surface area (Å²) in [5, 5.41) is 10.7. The van der Waals surface area contributed by atoms with Crippen molar-refractivity contribution < 1.29 is 5.11 Å². The fourth-order valence-electron chi connectivity index (χ4n) is 4.48. The van der Waals surface area contributed by atoms with E-state index in [2.05, 4.69) is 71.9 Å². The van der Waals surface area contributed by atoms with E-state index in [0.29, 0.717) is 5.75 Å². The molecule has 132 valence electrons. The van der Waals surface area contributed by atoms with Crippen molar-refractivity contribution in [2.45, 2.75) is 41.5 Å². The first-order chi connectivity index (χ1) is 12.3. The molecule has 0 saturated carbocycles. The van der Waals surface area contributed by atoms with Gasteiger partial charge in [-0.05, 0) is 53.1 Å². The molecule has 3 aromatic carbocycles. The van der Waals surface area contributed by atoms with E-state index in [1.165, 1.54) is 44.3 Å². The first-order valence-corrected chi connectivity index (χ1v) is 9.23. The van der Waals surface area contributed by atoms with Gasteiger partial charge in [0, 0.05) is 0 Å². The zero-order valence-electron chi connectivity index (χ0n) is 16.6. The second kappa shape index (κ2) is 7.03. The lowest BCUT2D eigenvalue weighted by molar-refractivity contribution is 0.479. The molecular weight excluding hydrogens is 315 g/mol. The maximum atomic E-state index is 10.7. The molecule has 2 heteroatoms. The van der Waals surface area contributed by atoms with E-state index < -0.39 is 0 Å². The summed E-state index contributed by atoms with van der Waals surface area (Å²) >= 11 is 0. The number of phenolic OH excluding ortho intramolecular Hbond substituents is 1. The van der Waals surface area contributed by atoms with Crippen molar-refractivity contribution in [3.63, 3.8) is 0 Å². The third kappa shape index (κ3) is 3.29. The predicted octanol–water partition coefficient (Wildman–Crippen LogP) is 3.76. The molecule has 0 spiro atoms. The predicted molar refractivity (Wildman–Crippen MR) is 114 cm³/mol. The van der Waals surface area contributed by atoms with Crippen LogP contribution in [0.2, 0.25) is 0 Å². The van der Waals surface area contributed by atoms with Crippen LogP contribution in [0.5, 0.6) is 5.75 Å². The monoisotopic (exact) mass is 342 g/mol. The van der Waals surface area contributed by atoms with Gasteiger partial charge in [0.05, 0.1) is 0 Å². The second-order valence-electron chi connectivity index (χ2n) is 7.62. The average Bonchev–Trinajstić information content (AvgIpc) is 2.52. The van der Waals surface area contributed by atoms with Crippen molar-refractivity contribution in [2.24, 2.45) is 0 Å². The van der Waals surface area contributed by atoms with Gasteiger partial charge in [-0.25, -0.2) is 0 Å². The molecule has 1 N–H and O–H groups in total. The first-order valence-electron chi connectivity index (χ1n) is 9.23. The van der Waals surface area contributed by atoms with Gasteiger partial charge in [0.1, 0.15) is 5.75 Å². The molecule has 0 heterocycles. The molecule has 26 heavy (non-hydrogen) atoms. The number of rotatable bonds is 3. The fraction of sp³-hybridized carbons (Fsp3) is 0.250. The van der Waals surface area contributed by atoms with Crippen molar-refractivity contribution in [1.29, 1.82) is 0 Å². The Bertz CT molecular complexity index is 868. The lowest BCUT2D eigenvalue weighted by atomic mass is 9.34. The number of aryl methyl sites for hydroxylation is 6. The van der Waals surface area contributed by atoms with E-state index in [1.54, 1.807) is 6.07 Å². The highest BCUT2D eigenvalue weighted by Gasteiger charge is 2.30. The van der Waals surface area contributed by atoms with Crippen molar-refractivity contribution in [1.82, 2.24) is 0 Å². The van der Waals surface area contributed by atoms with Gasteiger partial charge in [0.25, 0.3) is 0 Å². The van der Waals surface area contributed by atoms with Crippen molar-refractivity contribution in [3.8, 4) is 5.75 Å². The van der Waals surface area contributed by atoms with Crippen LogP contribution in [0.3, 0.4) is 0 Å². The molecule has 0 fully saturated rings. The van der Waals surface area contributed by atoms with E-state index in [0.717, 1.165) is 5.46 Å². The van der Waals surface area contributed by atoms with Gasteiger partial charge in [-0.15, -0.1) is 0 Å². The second-order valence-corrected chi connectivity index (χ2v) is 7.62. The summed E-state index contributed by atoms with van der Waals surface area (Å²) in [5.74, 6) is 0.358. The molecule has 0 aliphatic carbocycles. The van der Waals surface area contributed by atoms with Crippen molar-refractivity contribution in [3.05, 3.63) is 81.9 Å². The Balaban J connectivity index is 2.39. The quantitative estimate of drug-likeness (QED) is 0.719. The van der Waals surface area contributed by atoms with Crippen molar-refractivity contribution in [2.75, 3.05) is 0 Å². The number of para-hydroxylation sites is 1. The Morgan fingerprint density at radius 2 is 1.00 bits per heavy atom. The van der Waals surface area contributed by atoms with Crippen LogP contribution in [0, 0.1) is 41.5 Å². The van der Waals surface area contributed by atoms with Crippen LogP contribution < -0.4 is 16.4 Å². The summed E-state index contributed by atoms with van der Waals surface area (Å²) < 4.78 is 0. The highest BCUT2D eigenvalue weighted by molar-refractivity contribution is 6.97.